The van der Waals surface area contributed by atoms with Crippen LogP contribution in [0.4, 0.5) is 0 Å². The number of nitrogens with zero attached hydrogens (tertiary/aromatic N) is 3. The molecule has 12 rings (SSSR count). The smallest absolute Gasteiger partial charge is 0.137 e. The number of pyridine rings is 1. The van der Waals surface area contributed by atoms with Crippen LogP contribution in [0.15, 0.2) is 194 Å². The third kappa shape index (κ3) is 5.08. The molecule has 0 bridgehead atoms. The number of allylic oxidation sites excluding steroid dienone is 4. The van der Waals surface area contributed by atoms with Crippen molar-refractivity contribution >= 4 is 80.7 Å². The Kier molecular flexibility index (Phi) is 7.23. The molecule has 11 aromatic rings. The molecular formula is C53H35N3S. The Morgan fingerprint density at radius 2 is 1.14 bits per heavy atom. The summed E-state index contributed by atoms with van der Waals surface area (Å²) >= 11 is 1.89. The topological polar surface area (TPSA) is 22.8 Å². The minimum absolute atomic E-state index is 0.289. The SMILES string of the molecule is C1=CC(c2ccc(-n3c4ccccc4c4cc(-c5ccc6c(c5)c5ccccc5n6-c5ccccc5)ccc43)nc2)CC=C1c1cccc2c1sc1ccccc12. The average molecular weight is 746 g/mol. The predicted molar refractivity (Wildman–Crippen MR) is 242 cm³/mol. The first-order valence-corrected chi connectivity index (χ1v) is 20.5. The molecule has 0 spiro atoms. The van der Waals surface area contributed by atoms with Gasteiger partial charge in [-0.05, 0) is 94.9 Å². The summed E-state index contributed by atoms with van der Waals surface area (Å²) in [6.07, 6.45) is 10.1. The molecule has 0 N–H and O–H groups in total. The van der Waals surface area contributed by atoms with Crippen LogP contribution in [0.2, 0.25) is 0 Å². The van der Waals surface area contributed by atoms with Crippen LogP contribution in [0.1, 0.15) is 23.5 Å². The normalized spacial score (nSPS) is 14.5. The van der Waals surface area contributed by atoms with E-state index in [1.165, 1.54) is 86.3 Å². The lowest BCUT2D eigenvalue weighted by atomic mass is 9.88. The number of rotatable bonds is 5. The van der Waals surface area contributed by atoms with Crippen LogP contribution in [0.3, 0.4) is 0 Å². The molecule has 1 aliphatic rings. The van der Waals surface area contributed by atoms with E-state index in [0.29, 0.717) is 0 Å². The zero-order valence-electron chi connectivity index (χ0n) is 31.0. The fourth-order valence-electron chi connectivity index (χ4n) is 9.20. The number of hydrogen-bond donors (Lipinski definition) is 0. The predicted octanol–water partition coefficient (Wildman–Crippen LogP) is 14.4. The van der Waals surface area contributed by atoms with Crippen molar-refractivity contribution in [3.63, 3.8) is 0 Å². The van der Waals surface area contributed by atoms with E-state index >= 15 is 0 Å². The molecule has 57 heavy (non-hydrogen) atoms. The van der Waals surface area contributed by atoms with Crippen molar-refractivity contribution in [3.8, 4) is 22.6 Å². The number of hydrogen-bond acceptors (Lipinski definition) is 2. The van der Waals surface area contributed by atoms with Crippen LogP contribution in [0.25, 0.3) is 92.0 Å². The van der Waals surface area contributed by atoms with E-state index in [4.69, 9.17) is 4.98 Å². The highest BCUT2D eigenvalue weighted by Crippen LogP contribution is 2.41. The first kappa shape index (κ1) is 32.3. The van der Waals surface area contributed by atoms with E-state index in [9.17, 15) is 0 Å². The maximum absolute atomic E-state index is 5.12. The largest absolute Gasteiger partial charge is 0.309 e. The maximum Gasteiger partial charge on any atom is 0.137 e. The van der Waals surface area contributed by atoms with Gasteiger partial charge < -0.3 is 4.57 Å². The van der Waals surface area contributed by atoms with Crippen molar-refractivity contribution in [1.29, 1.82) is 0 Å². The maximum atomic E-state index is 5.12. The molecule has 4 heterocycles. The Balaban J connectivity index is 0.880. The molecule has 0 saturated carbocycles. The first-order chi connectivity index (χ1) is 28.3. The van der Waals surface area contributed by atoms with Crippen LogP contribution in [0.5, 0.6) is 0 Å². The first-order valence-electron chi connectivity index (χ1n) is 19.6. The minimum Gasteiger partial charge on any atom is -0.309 e. The third-order valence-electron chi connectivity index (χ3n) is 11.9. The van der Waals surface area contributed by atoms with Crippen molar-refractivity contribution in [2.75, 3.05) is 0 Å². The van der Waals surface area contributed by atoms with Gasteiger partial charge in [0.2, 0.25) is 0 Å². The summed E-state index contributed by atoms with van der Waals surface area (Å²) in [6.45, 7) is 0. The van der Waals surface area contributed by atoms with Gasteiger partial charge in [0, 0.05) is 59.5 Å². The summed E-state index contributed by atoms with van der Waals surface area (Å²) in [4.78, 5) is 5.12. The third-order valence-corrected chi connectivity index (χ3v) is 13.2. The van der Waals surface area contributed by atoms with Crippen LogP contribution in [-0.2, 0) is 0 Å². The van der Waals surface area contributed by atoms with Crippen LogP contribution in [0, 0.1) is 0 Å². The van der Waals surface area contributed by atoms with Crippen molar-refractivity contribution in [3.05, 3.63) is 205 Å². The summed E-state index contributed by atoms with van der Waals surface area (Å²) in [7, 11) is 0. The van der Waals surface area contributed by atoms with Gasteiger partial charge in [-0.2, -0.15) is 0 Å². The number of benzene rings is 7. The number of aromatic nitrogens is 3. The molecule has 1 unspecified atom stereocenters. The van der Waals surface area contributed by atoms with Gasteiger partial charge in [0.25, 0.3) is 0 Å². The minimum atomic E-state index is 0.289. The van der Waals surface area contributed by atoms with Gasteiger partial charge in [-0.3, -0.25) is 4.57 Å². The fourth-order valence-corrected chi connectivity index (χ4v) is 10.4. The monoisotopic (exact) mass is 745 g/mol. The molecule has 268 valence electrons. The van der Waals surface area contributed by atoms with E-state index in [1.54, 1.807) is 0 Å². The van der Waals surface area contributed by atoms with Crippen LogP contribution < -0.4 is 0 Å². The second-order valence-electron chi connectivity index (χ2n) is 15.1. The summed E-state index contributed by atoms with van der Waals surface area (Å²) < 4.78 is 7.39. The Hall–Kier alpha value is -7.01. The van der Waals surface area contributed by atoms with Gasteiger partial charge >= 0.3 is 0 Å². The van der Waals surface area contributed by atoms with E-state index in [0.717, 1.165) is 23.3 Å². The number of para-hydroxylation sites is 3. The molecule has 1 aliphatic carbocycles. The van der Waals surface area contributed by atoms with Crippen LogP contribution >= 0.6 is 11.3 Å². The second-order valence-corrected chi connectivity index (χ2v) is 16.1. The van der Waals surface area contributed by atoms with Gasteiger partial charge in [0.1, 0.15) is 5.82 Å². The Morgan fingerprint density at radius 1 is 0.509 bits per heavy atom. The summed E-state index contributed by atoms with van der Waals surface area (Å²) in [5.74, 6) is 1.22. The molecule has 0 radical (unpaired) electrons. The molecule has 0 fully saturated rings. The summed E-state index contributed by atoms with van der Waals surface area (Å²) in [6, 6.07) is 61.8. The Morgan fingerprint density at radius 3 is 1.84 bits per heavy atom. The highest BCUT2D eigenvalue weighted by Gasteiger charge is 2.19. The standard InChI is InChI=1S/C53H35N3S/c1-2-11-39(12-3-1)55-47-18-7-4-13-41(47)45-31-36(25-28-49(45)55)37-26-29-50-46(32-37)42-14-5-8-19-48(42)56(50)52-30-27-38(33-54-52)34-21-23-35(24-22-34)40-16-10-17-44-43-15-6-9-20-51(43)57-53(40)44/h1-21,23-34H,22H2. The van der Waals surface area contributed by atoms with Crippen molar-refractivity contribution in [2.24, 2.45) is 0 Å². The zero-order valence-corrected chi connectivity index (χ0v) is 31.8. The molecule has 7 aromatic carbocycles. The fraction of sp³-hybridized carbons (Fsp3) is 0.0377. The Bertz CT molecular complexity index is 3430. The highest BCUT2D eigenvalue weighted by atomic mass is 32.1. The molecule has 4 heteroatoms. The lowest BCUT2D eigenvalue weighted by Gasteiger charge is -2.17. The van der Waals surface area contributed by atoms with Gasteiger partial charge in [-0.15, -0.1) is 11.3 Å². The van der Waals surface area contributed by atoms with Gasteiger partial charge in [0.05, 0.1) is 22.1 Å². The molecule has 0 amide bonds. The van der Waals surface area contributed by atoms with E-state index in [-0.39, 0.29) is 5.92 Å². The average Bonchev–Trinajstić information content (AvgIpc) is 3.94. The Labute approximate surface area is 333 Å². The van der Waals surface area contributed by atoms with E-state index < -0.39 is 0 Å². The molecule has 1 atom stereocenters. The molecule has 3 nitrogen and oxygen atoms in total. The van der Waals surface area contributed by atoms with Crippen LogP contribution in [-0.4, -0.2) is 14.1 Å². The lowest BCUT2D eigenvalue weighted by molar-refractivity contribution is 0.846. The van der Waals surface area contributed by atoms with Crippen molar-refractivity contribution in [2.45, 2.75) is 12.3 Å². The zero-order chi connectivity index (χ0) is 37.5. The molecule has 0 saturated heterocycles. The van der Waals surface area contributed by atoms with Gasteiger partial charge in [-0.1, -0.05) is 127 Å². The number of fused-ring (bicyclic) bond motifs is 9. The quantitative estimate of drug-likeness (QED) is 0.172. The van der Waals surface area contributed by atoms with Crippen molar-refractivity contribution in [1.82, 2.24) is 14.1 Å². The van der Waals surface area contributed by atoms with E-state index in [2.05, 4.69) is 203 Å². The molecule has 0 aliphatic heterocycles. The van der Waals surface area contributed by atoms with Gasteiger partial charge in [0.15, 0.2) is 0 Å². The van der Waals surface area contributed by atoms with E-state index in [1.807, 2.05) is 11.3 Å². The molecule has 4 aromatic heterocycles. The second kappa shape index (κ2) is 12.8. The van der Waals surface area contributed by atoms with Crippen molar-refractivity contribution < 1.29 is 0 Å². The van der Waals surface area contributed by atoms with Gasteiger partial charge in [-0.25, -0.2) is 4.98 Å². The molecular weight excluding hydrogens is 711 g/mol. The summed E-state index contributed by atoms with van der Waals surface area (Å²) in [5.41, 5.74) is 12.2. The highest BCUT2D eigenvalue weighted by molar-refractivity contribution is 7.26. The number of thiophene rings is 1. The summed E-state index contributed by atoms with van der Waals surface area (Å²) in [5, 5.41) is 7.65. The lowest BCUT2D eigenvalue weighted by Crippen LogP contribution is -2.02.